The monoisotopic (exact) mass is 361 g/mol. The largest absolute Gasteiger partial charge is 0.321 e. The van der Waals surface area contributed by atoms with Gasteiger partial charge in [0.05, 0.1) is 11.3 Å². The van der Waals surface area contributed by atoms with E-state index in [1.54, 1.807) is 17.5 Å². The first-order valence-electron chi connectivity index (χ1n) is 8.38. The van der Waals surface area contributed by atoms with Gasteiger partial charge in [0.2, 0.25) is 0 Å². The van der Waals surface area contributed by atoms with Crippen LogP contribution in [0.1, 0.15) is 44.7 Å². The molecule has 2 heterocycles. The smallest absolute Gasteiger partial charge is 0.168 e. The molecule has 128 valence electrons. The molecule has 2 aromatic rings. The van der Waals surface area contributed by atoms with Gasteiger partial charge in [-0.3, -0.25) is 4.98 Å². The van der Waals surface area contributed by atoms with Crippen molar-refractivity contribution < 1.29 is 4.74 Å². The van der Waals surface area contributed by atoms with E-state index in [0.717, 1.165) is 39.7 Å². The predicted molar refractivity (Wildman–Crippen MR) is 104 cm³/mol. The molecule has 1 aliphatic carbocycles. The van der Waals surface area contributed by atoms with Crippen LogP contribution in [-0.4, -0.2) is 28.2 Å². The lowest BCUT2D eigenvalue weighted by Gasteiger charge is -2.35. The lowest BCUT2D eigenvalue weighted by Crippen LogP contribution is -2.39. The second-order valence-corrected chi connectivity index (χ2v) is 8.03. The van der Waals surface area contributed by atoms with Crippen molar-refractivity contribution >= 4 is 30.8 Å². The molecule has 2 aromatic heterocycles. The molecule has 1 aliphatic rings. The van der Waals surface area contributed by atoms with E-state index in [9.17, 15) is 0 Å². The summed E-state index contributed by atoms with van der Waals surface area (Å²) in [7, 11) is 5.71. The minimum atomic E-state index is -0.0750. The van der Waals surface area contributed by atoms with Crippen LogP contribution >= 0.6 is 20.2 Å². The molecular formula is C18H24N3OPS. The summed E-state index contributed by atoms with van der Waals surface area (Å²) in [4.78, 5) is 10.9. The van der Waals surface area contributed by atoms with Crippen molar-refractivity contribution in [3.8, 4) is 10.6 Å². The fourth-order valence-corrected chi connectivity index (χ4v) is 4.56. The van der Waals surface area contributed by atoms with E-state index in [-0.39, 0.29) is 5.60 Å². The fraction of sp³-hybridized carbons (Fsp3) is 0.500. The van der Waals surface area contributed by atoms with E-state index in [0.29, 0.717) is 0 Å². The van der Waals surface area contributed by atoms with Crippen molar-refractivity contribution in [2.24, 2.45) is 0 Å². The third-order valence-electron chi connectivity index (χ3n) is 4.54. The maximum absolute atomic E-state index is 6.29. The van der Waals surface area contributed by atoms with Gasteiger partial charge in [-0.05, 0) is 38.8 Å². The van der Waals surface area contributed by atoms with Crippen molar-refractivity contribution in [2.45, 2.75) is 51.6 Å². The Balaban J connectivity index is 1.76. The van der Waals surface area contributed by atoms with Crippen molar-refractivity contribution in [1.82, 2.24) is 9.97 Å². The molecule has 0 unspecified atom stereocenters. The summed E-state index contributed by atoms with van der Waals surface area (Å²) in [6.07, 6.45) is 9.64. The van der Waals surface area contributed by atoms with Gasteiger partial charge in [-0.2, -0.15) is 0 Å². The van der Waals surface area contributed by atoms with Crippen LogP contribution in [0.5, 0.6) is 0 Å². The highest BCUT2D eigenvalue weighted by Gasteiger charge is 2.30. The van der Waals surface area contributed by atoms with Crippen molar-refractivity contribution in [3.05, 3.63) is 30.2 Å². The Morgan fingerprint density at radius 3 is 2.75 bits per heavy atom. The van der Waals surface area contributed by atoms with Crippen molar-refractivity contribution in [2.75, 3.05) is 11.9 Å². The van der Waals surface area contributed by atoms with Crippen LogP contribution in [0, 0.1) is 6.92 Å². The van der Waals surface area contributed by atoms with E-state index in [2.05, 4.69) is 20.8 Å². The maximum Gasteiger partial charge on any atom is 0.168 e. The zero-order valence-corrected chi connectivity index (χ0v) is 16.3. The number of anilines is 1. The van der Waals surface area contributed by atoms with E-state index >= 15 is 0 Å². The van der Waals surface area contributed by atoms with E-state index in [1.807, 2.05) is 37.2 Å². The molecule has 6 heteroatoms. The normalized spacial score (nSPS) is 16.8. The van der Waals surface area contributed by atoms with Gasteiger partial charge in [0.15, 0.2) is 5.60 Å². The third kappa shape index (κ3) is 3.85. The fourth-order valence-electron chi connectivity index (χ4n) is 3.11. The molecule has 1 saturated carbocycles. The molecule has 0 spiro atoms. The molecule has 0 atom stereocenters. The summed E-state index contributed by atoms with van der Waals surface area (Å²) in [5, 5.41) is 2.06. The Hall–Kier alpha value is -1.29. The quantitative estimate of drug-likeness (QED) is 0.709. The van der Waals surface area contributed by atoms with Gasteiger partial charge < -0.3 is 9.64 Å². The van der Waals surface area contributed by atoms with Crippen LogP contribution < -0.4 is 4.90 Å². The van der Waals surface area contributed by atoms with Crippen LogP contribution in [0.2, 0.25) is 0 Å². The second kappa shape index (κ2) is 7.30. The number of nitrogens with zero attached hydrogens (tertiary/aromatic N) is 3. The van der Waals surface area contributed by atoms with Gasteiger partial charge in [-0.15, -0.1) is 0 Å². The number of rotatable bonds is 5. The lowest BCUT2D eigenvalue weighted by atomic mass is 9.86. The number of hydrogen-bond donors (Lipinski definition) is 0. The topological polar surface area (TPSA) is 38.2 Å². The zero-order valence-electron chi connectivity index (χ0n) is 14.5. The Bertz CT molecular complexity index is 710. The molecule has 24 heavy (non-hydrogen) atoms. The van der Waals surface area contributed by atoms with Gasteiger partial charge >= 0.3 is 0 Å². The molecule has 0 radical (unpaired) electrons. The number of thiazole rings is 1. The van der Waals surface area contributed by atoms with Crippen molar-refractivity contribution in [1.29, 1.82) is 0 Å². The SMILES string of the molecule is Cc1nc(-c2cccnc2)sc1N(C)C(=P)OC1(C)CCCCC1. The zero-order chi connectivity index (χ0) is 17.2. The highest BCUT2D eigenvalue weighted by atomic mass is 32.1. The van der Waals surface area contributed by atoms with Crippen molar-refractivity contribution in [3.63, 3.8) is 0 Å². The van der Waals surface area contributed by atoms with Gasteiger partial charge in [0.1, 0.15) is 10.0 Å². The Morgan fingerprint density at radius 2 is 2.08 bits per heavy atom. The molecule has 3 rings (SSSR count). The number of hydrogen-bond acceptors (Lipinski definition) is 4. The standard InChI is InChI=1S/C18H24N3OPS/c1-13-16(24-15(20-13)14-8-7-11-19-12-14)21(3)17(23)22-18(2)9-5-4-6-10-18/h7-8,11-12,23H,4-6,9-10H2,1-3H3. The Morgan fingerprint density at radius 1 is 1.33 bits per heavy atom. The number of aryl methyl sites for hydroxylation is 1. The number of ether oxygens (including phenoxy) is 1. The molecule has 0 aromatic carbocycles. The molecule has 1 fully saturated rings. The molecule has 4 nitrogen and oxygen atoms in total. The first-order valence-corrected chi connectivity index (χ1v) is 9.69. The lowest BCUT2D eigenvalue weighted by molar-refractivity contribution is 0.0378. The first-order chi connectivity index (χ1) is 11.5. The summed E-state index contributed by atoms with van der Waals surface area (Å²) < 4.78 is 6.29. The van der Waals surface area contributed by atoms with Crippen LogP contribution in [0.15, 0.2) is 24.5 Å². The highest BCUT2D eigenvalue weighted by molar-refractivity contribution is 7.22. The van der Waals surface area contributed by atoms with Crippen LogP contribution in [0.3, 0.4) is 0 Å². The summed E-state index contributed by atoms with van der Waals surface area (Å²) >= 11 is 1.65. The van der Waals surface area contributed by atoms with Gasteiger partial charge in [0.25, 0.3) is 0 Å². The Labute approximate surface area is 150 Å². The maximum atomic E-state index is 6.29. The number of pyridine rings is 1. The van der Waals surface area contributed by atoms with Crippen LogP contribution in [0.25, 0.3) is 10.6 Å². The molecule has 0 bridgehead atoms. The average Bonchev–Trinajstić information content (AvgIpc) is 2.97. The van der Waals surface area contributed by atoms with Crippen LogP contribution in [0.4, 0.5) is 5.00 Å². The summed E-state index contributed by atoms with van der Waals surface area (Å²) in [5.41, 5.74) is 2.72. The molecule has 0 aliphatic heterocycles. The first kappa shape index (κ1) is 17.5. The van der Waals surface area contributed by atoms with Gasteiger partial charge in [-0.1, -0.05) is 39.5 Å². The number of aromatic nitrogens is 2. The Kier molecular flexibility index (Phi) is 5.33. The minimum absolute atomic E-state index is 0.0750. The van der Waals surface area contributed by atoms with E-state index in [4.69, 9.17) is 9.72 Å². The van der Waals surface area contributed by atoms with E-state index in [1.165, 1.54) is 19.3 Å². The summed E-state index contributed by atoms with van der Waals surface area (Å²) in [6, 6.07) is 3.97. The molecule has 0 N–H and O–H groups in total. The second-order valence-electron chi connectivity index (χ2n) is 6.63. The molecule has 0 saturated heterocycles. The predicted octanol–water partition coefficient (Wildman–Crippen LogP) is 4.92. The average molecular weight is 361 g/mol. The van der Waals surface area contributed by atoms with Gasteiger partial charge in [-0.25, -0.2) is 4.98 Å². The minimum Gasteiger partial charge on any atom is -0.321 e. The van der Waals surface area contributed by atoms with E-state index < -0.39 is 0 Å². The summed E-state index contributed by atoms with van der Waals surface area (Å²) in [5.74, 6) is 0. The third-order valence-corrected chi connectivity index (χ3v) is 6.26. The molecular weight excluding hydrogens is 337 g/mol. The van der Waals surface area contributed by atoms with Gasteiger partial charge in [0, 0.05) is 25.0 Å². The highest BCUT2D eigenvalue weighted by Crippen LogP contribution is 2.36. The molecule has 0 amide bonds. The summed E-state index contributed by atoms with van der Waals surface area (Å²) in [6.45, 7) is 4.24. The van der Waals surface area contributed by atoms with Crippen LogP contribution in [-0.2, 0) is 4.74 Å².